The van der Waals surface area contributed by atoms with Crippen LogP contribution >= 0.6 is 39.1 Å². The largest absolute Gasteiger partial charge is 0.479 e. The number of carbonyl (C=O) groups excluding carboxylic acids is 1. The van der Waals surface area contributed by atoms with Crippen LogP contribution in [-0.4, -0.2) is 12.0 Å². The van der Waals surface area contributed by atoms with Crippen LogP contribution in [0.15, 0.2) is 46.9 Å². The first-order valence-corrected chi connectivity index (χ1v) is 8.91. The van der Waals surface area contributed by atoms with Gasteiger partial charge in [-0.1, -0.05) is 51.3 Å². The van der Waals surface area contributed by atoms with Crippen molar-refractivity contribution >= 4 is 45.0 Å². The number of amides is 1. The number of rotatable bonds is 5. The molecule has 0 aromatic heterocycles. The smallest absolute Gasteiger partial charge is 0.262 e. The fourth-order valence-corrected chi connectivity index (χ4v) is 2.83. The average Bonchev–Trinajstić information content (AvgIpc) is 2.57. The monoisotopic (exact) mass is 440 g/mol. The standard InChI is InChI=1S/C18H15BrCl2N2O2/c1-11(25-16-8-7-14(20)9-15(16)21)17(24)23-18(2,10-22)12-3-5-13(19)6-4-12/h3-9,11H,1-2H3,(H,23,24). The second-order valence-electron chi connectivity index (χ2n) is 5.57. The van der Waals surface area contributed by atoms with Crippen molar-refractivity contribution in [2.24, 2.45) is 0 Å². The van der Waals surface area contributed by atoms with Gasteiger partial charge in [0.1, 0.15) is 11.3 Å². The molecule has 2 atom stereocenters. The van der Waals surface area contributed by atoms with Crippen molar-refractivity contribution in [2.75, 3.05) is 0 Å². The van der Waals surface area contributed by atoms with Crippen molar-refractivity contribution in [3.8, 4) is 11.8 Å². The van der Waals surface area contributed by atoms with Gasteiger partial charge < -0.3 is 10.1 Å². The number of nitrogens with zero attached hydrogens (tertiary/aromatic N) is 1. The molecule has 0 spiro atoms. The van der Waals surface area contributed by atoms with Crippen molar-refractivity contribution in [1.82, 2.24) is 5.32 Å². The molecule has 0 saturated carbocycles. The van der Waals surface area contributed by atoms with Crippen molar-refractivity contribution < 1.29 is 9.53 Å². The summed E-state index contributed by atoms with van der Waals surface area (Å²) >= 11 is 15.2. The quantitative estimate of drug-likeness (QED) is 0.703. The van der Waals surface area contributed by atoms with Gasteiger partial charge in [-0.15, -0.1) is 0 Å². The predicted molar refractivity (Wildman–Crippen MR) is 102 cm³/mol. The maximum absolute atomic E-state index is 12.5. The number of nitrogens with one attached hydrogen (secondary N) is 1. The highest BCUT2D eigenvalue weighted by atomic mass is 79.9. The Kier molecular flexibility index (Phi) is 6.34. The van der Waals surface area contributed by atoms with Crippen molar-refractivity contribution in [3.05, 3.63) is 62.5 Å². The van der Waals surface area contributed by atoms with E-state index in [1.54, 1.807) is 38.1 Å². The van der Waals surface area contributed by atoms with Gasteiger partial charge in [-0.25, -0.2) is 0 Å². The van der Waals surface area contributed by atoms with Gasteiger partial charge in [0.2, 0.25) is 0 Å². The van der Waals surface area contributed by atoms with Gasteiger partial charge in [-0.05, 0) is 49.7 Å². The Balaban J connectivity index is 2.13. The third-order valence-electron chi connectivity index (χ3n) is 3.59. The lowest BCUT2D eigenvalue weighted by Crippen LogP contribution is -2.47. The first-order chi connectivity index (χ1) is 11.7. The Hall–Kier alpha value is -1.74. The molecule has 0 aliphatic heterocycles. The Morgan fingerprint density at radius 3 is 2.48 bits per heavy atom. The molecule has 0 aliphatic rings. The average molecular weight is 442 g/mol. The van der Waals surface area contributed by atoms with E-state index in [0.29, 0.717) is 21.4 Å². The summed E-state index contributed by atoms with van der Waals surface area (Å²) in [4.78, 5) is 12.5. The van der Waals surface area contributed by atoms with Crippen molar-refractivity contribution in [2.45, 2.75) is 25.5 Å². The molecule has 7 heteroatoms. The molecule has 1 N–H and O–H groups in total. The van der Waals surface area contributed by atoms with Crippen LogP contribution in [-0.2, 0) is 10.3 Å². The Bertz CT molecular complexity index is 821. The summed E-state index contributed by atoms with van der Waals surface area (Å²) in [5, 5.41) is 13.1. The minimum absolute atomic E-state index is 0.308. The summed E-state index contributed by atoms with van der Waals surface area (Å²) in [6, 6.07) is 14.0. The normalized spacial score (nSPS) is 14.1. The highest BCUT2D eigenvalue weighted by Crippen LogP contribution is 2.28. The Morgan fingerprint density at radius 2 is 1.92 bits per heavy atom. The molecule has 0 bridgehead atoms. The van der Waals surface area contributed by atoms with Crippen LogP contribution in [0.1, 0.15) is 19.4 Å². The molecule has 2 rings (SSSR count). The van der Waals surface area contributed by atoms with Crippen LogP contribution in [0.4, 0.5) is 0 Å². The van der Waals surface area contributed by atoms with E-state index in [-0.39, 0.29) is 0 Å². The molecule has 130 valence electrons. The summed E-state index contributed by atoms with van der Waals surface area (Å²) in [6.45, 7) is 3.22. The highest BCUT2D eigenvalue weighted by molar-refractivity contribution is 9.10. The van der Waals surface area contributed by atoms with Gasteiger partial charge in [0, 0.05) is 9.50 Å². The van der Waals surface area contributed by atoms with Gasteiger partial charge in [0.15, 0.2) is 6.10 Å². The molecule has 0 saturated heterocycles. The number of nitriles is 1. The molecule has 2 aromatic carbocycles. The van der Waals surface area contributed by atoms with E-state index in [2.05, 4.69) is 27.3 Å². The highest BCUT2D eigenvalue weighted by Gasteiger charge is 2.31. The zero-order valence-electron chi connectivity index (χ0n) is 13.5. The number of hydrogen-bond donors (Lipinski definition) is 1. The van der Waals surface area contributed by atoms with E-state index < -0.39 is 17.6 Å². The maximum Gasteiger partial charge on any atom is 0.262 e. The number of benzene rings is 2. The van der Waals surface area contributed by atoms with Gasteiger partial charge in [-0.3, -0.25) is 4.79 Å². The minimum atomic E-state index is -1.18. The zero-order chi connectivity index (χ0) is 18.6. The second kappa shape index (κ2) is 8.09. The topological polar surface area (TPSA) is 62.1 Å². The zero-order valence-corrected chi connectivity index (χ0v) is 16.6. The fourth-order valence-electron chi connectivity index (χ4n) is 2.11. The molecule has 2 unspecified atom stereocenters. The van der Waals surface area contributed by atoms with E-state index in [1.807, 2.05) is 12.1 Å². The van der Waals surface area contributed by atoms with E-state index in [0.717, 1.165) is 4.47 Å². The lowest BCUT2D eigenvalue weighted by atomic mass is 9.93. The number of halogens is 3. The van der Waals surface area contributed by atoms with Crippen LogP contribution in [0.3, 0.4) is 0 Å². The summed E-state index contributed by atoms with van der Waals surface area (Å²) in [6.07, 6.45) is -0.846. The molecule has 1 amide bonds. The minimum Gasteiger partial charge on any atom is -0.479 e. The lowest BCUT2D eigenvalue weighted by Gasteiger charge is -2.26. The van der Waals surface area contributed by atoms with Gasteiger partial charge in [0.05, 0.1) is 11.1 Å². The van der Waals surface area contributed by atoms with E-state index in [1.165, 1.54) is 6.07 Å². The maximum atomic E-state index is 12.5. The Morgan fingerprint density at radius 1 is 1.28 bits per heavy atom. The molecule has 0 radical (unpaired) electrons. The summed E-state index contributed by atoms with van der Waals surface area (Å²) in [5.74, 6) is -0.0889. The van der Waals surface area contributed by atoms with E-state index >= 15 is 0 Å². The molecule has 0 aliphatic carbocycles. The molecule has 0 fully saturated rings. The van der Waals surface area contributed by atoms with Crippen LogP contribution in [0, 0.1) is 11.3 Å². The first kappa shape index (κ1) is 19.6. The van der Waals surface area contributed by atoms with Crippen LogP contribution in [0.25, 0.3) is 0 Å². The van der Waals surface area contributed by atoms with Crippen LogP contribution in [0.2, 0.25) is 10.0 Å². The lowest BCUT2D eigenvalue weighted by molar-refractivity contribution is -0.128. The SMILES string of the molecule is CC(Oc1ccc(Cl)cc1Cl)C(=O)NC(C)(C#N)c1ccc(Br)cc1. The van der Waals surface area contributed by atoms with Gasteiger partial charge in [-0.2, -0.15) is 5.26 Å². The number of hydrogen-bond acceptors (Lipinski definition) is 3. The molecular formula is C18H15BrCl2N2O2. The molecule has 4 nitrogen and oxygen atoms in total. The predicted octanol–water partition coefficient (Wildman–Crippen LogP) is 5.08. The molecule has 0 heterocycles. The van der Waals surface area contributed by atoms with Crippen LogP contribution < -0.4 is 10.1 Å². The Labute approximate surface area is 164 Å². The summed E-state index contributed by atoms with van der Waals surface area (Å²) in [7, 11) is 0. The van der Waals surface area contributed by atoms with Gasteiger partial charge >= 0.3 is 0 Å². The molecular weight excluding hydrogens is 427 g/mol. The number of carbonyl (C=O) groups is 1. The number of ether oxygens (including phenoxy) is 1. The van der Waals surface area contributed by atoms with E-state index in [9.17, 15) is 10.1 Å². The van der Waals surface area contributed by atoms with E-state index in [4.69, 9.17) is 27.9 Å². The molecule has 25 heavy (non-hydrogen) atoms. The third-order valence-corrected chi connectivity index (χ3v) is 4.64. The van der Waals surface area contributed by atoms with Crippen LogP contribution in [0.5, 0.6) is 5.75 Å². The molecule has 2 aromatic rings. The van der Waals surface area contributed by atoms with Crippen molar-refractivity contribution in [3.63, 3.8) is 0 Å². The third kappa shape index (κ3) is 4.88. The van der Waals surface area contributed by atoms with Crippen molar-refractivity contribution in [1.29, 1.82) is 5.26 Å². The fraction of sp³-hybridized carbons (Fsp3) is 0.222. The summed E-state index contributed by atoms with van der Waals surface area (Å²) in [5.41, 5.74) is -0.512. The second-order valence-corrected chi connectivity index (χ2v) is 7.33. The van der Waals surface area contributed by atoms with Gasteiger partial charge in [0.25, 0.3) is 5.91 Å². The summed E-state index contributed by atoms with van der Waals surface area (Å²) < 4.78 is 6.47. The first-order valence-electron chi connectivity index (χ1n) is 7.36.